The number of nitrogens with zero attached hydrogens (tertiary/aromatic N) is 2. The van der Waals surface area contributed by atoms with Gasteiger partial charge in [0.1, 0.15) is 0 Å². The Morgan fingerprint density at radius 2 is 1.63 bits per heavy atom. The number of hydrogen-bond acceptors (Lipinski definition) is 4. The minimum absolute atomic E-state index is 0.194. The number of oxime groups is 1. The molecule has 1 fully saturated rings. The summed E-state index contributed by atoms with van der Waals surface area (Å²) in [5.74, 6) is 5.29. The van der Waals surface area contributed by atoms with E-state index < -0.39 is 11.6 Å². The van der Waals surface area contributed by atoms with Gasteiger partial charge in [-0.25, -0.2) is 4.39 Å². The monoisotopic (exact) mass is 400 g/mol. The van der Waals surface area contributed by atoms with E-state index in [1.54, 1.807) is 18.2 Å². The van der Waals surface area contributed by atoms with Crippen LogP contribution in [-0.2, 0) is 0 Å². The molecule has 0 spiro atoms. The van der Waals surface area contributed by atoms with E-state index in [9.17, 15) is 9.50 Å². The lowest BCUT2D eigenvalue weighted by Gasteiger charge is -2.17. The quantitative estimate of drug-likeness (QED) is 0.383. The molecule has 0 unspecified atom stereocenters. The number of benzene rings is 3. The molecule has 0 bridgehead atoms. The average Bonchev–Trinajstić information content (AvgIpc) is 3.31. The van der Waals surface area contributed by atoms with Gasteiger partial charge >= 0.3 is 0 Å². The number of halogens is 1. The van der Waals surface area contributed by atoms with Crippen molar-refractivity contribution in [1.29, 1.82) is 0 Å². The van der Waals surface area contributed by atoms with Crippen LogP contribution in [0.2, 0.25) is 0 Å². The number of aromatic hydroxyl groups is 1. The van der Waals surface area contributed by atoms with E-state index in [2.05, 4.69) is 34.0 Å². The topological polar surface area (TPSA) is 45.1 Å². The molecule has 4 rings (SSSR count). The van der Waals surface area contributed by atoms with Gasteiger partial charge in [0.25, 0.3) is 0 Å². The third-order valence-electron chi connectivity index (χ3n) is 4.88. The second-order valence-corrected chi connectivity index (χ2v) is 7.03. The van der Waals surface area contributed by atoms with E-state index in [-0.39, 0.29) is 5.56 Å². The Kier molecular flexibility index (Phi) is 5.95. The van der Waals surface area contributed by atoms with Crippen LogP contribution in [0.5, 0.6) is 11.5 Å². The highest BCUT2D eigenvalue weighted by Crippen LogP contribution is 2.22. The third kappa shape index (κ3) is 4.79. The van der Waals surface area contributed by atoms with E-state index in [0.29, 0.717) is 11.3 Å². The molecule has 1 saturated heterocycles. The molecule has 3 aromatic carbocycles. The molecule has 30 heavy (non-hydrogen) atoms. The van der Waals surface area contributed by atoms with Gasteiger partial charge in [-0.2, -0.15) is 0 Å². The predicted molar refractivity (Wildman–Crippen MR) is 117 cm³/mol. The first-order valence-electron chi connectivity index (χ1n) is 9.84. The van der Waals surface area contributed by atoms with Gasteiger partial charge in [0.15, 0.2) is 17.3 Å². The molecule has 0 amide bonds. The highest BCUT2D eigenvalue weighted by molar-refractivity contribution is 5.84. The summed E-state index contributed by atoms with van der Waals surface area (Å²) < 4.78 is 14.1. The van der Waals surface area contributed by atoms with Crippen LogP contribution in [0.25, 0.3) is 0 Å². The minimum atomic E-state index is -0.757. The Bertz CT molecular complexity index is 1090. The average molecular weight is 400 g/mol. The van der Waals surface area contributed by atoms with Crippen LogP contribution in [0, 0.1) is 17.7 Å². The lowest BCUT2D eigenvalue weighted by Crippen LogP contribution is -2.17. The van der Waals surface area contributed by atoms with Crippen LogP contribution in [0.4, 0.5) is 10.1 Å². The molecule has 0 saturated carbocycles. The van der Waals surface area contributed by atoms with Gasteiger partial charge in [-0.15, -0.1) is 0 Å². The number of hydrogen-bond donors (Lipinski definition) is 1. The fourth-order valence-electron chi connectivity index (χ4n) is 3.29. The summed E-state index contributed by atoms with van der Waals surface area (Å²) >= 11 is 0. The molecule has 0 atom stereocenters. The van der Waals surface area contributed by atoms with Gasteiger partial charge in [-0.1, -0.05) is 35.2 Å². The zero-order valence-corrected chi connectivity index (χ0v) is 16.4. The Hall–Kier alpha value is -3.78. The molecular formula is C25H21FN2O2. The van der Waals surface area contributed by atoms with Gasteiger partial charge in [0.05, 0.1) is 6.21 Å². The van der Waals surface area contributed by atoms with Gasteiger partial charge in [0, 0.05) is 35.5 Å². The first kappa shape index (κ1) is 19.5. The van der Waals surface area contributed by atoms with Crippen LogP contribution in [0.3, 0.4) is 0 Å². The first-order chi connectivity index (χ1) is 14.7. The summed E-state index contributed by atoms with van der Waals surface area (Å²) in [5.41, 5.74) is 2.68. The highest BCUT2D eigenvalue weighted by atomic mass is 19.1. The Labute approximate surface area is 175 Å². The second-order valence-electron chi connectivity index (χ2n) is 7.03. The molecule has 1 aliphatic rings. The number of rotatable bonds is 4. The maximum atomic E-state index is 14.1. The fourth-order valence-corrected chi connectivity index (χ4v) is 3.29. The van der Waals surface area contributed by atoms with Crippen molar-refractivity contribution in [2.45, 2.75) is 12.8 Å². The van der Waals surface area contributed by atoms with Gasteiger partial charge in [-0.3, -0.25) is 0 Å². The molecule has 1 aliphatic heterocycles. The van der Waals surface area contributed by atoms with Crippen molar-refractivity contribution >= 4 is 11.9 Å². The van der Waals surface area contributed by atoms with E-state index >= 15 is 0 Å². The Balaban J connectivity index is 1.49. The molecule has 0 aliphatic carbocycles. The summed E-state index contributed by atoms with van der Waals surface area (Å²) in [5, 5.41) is 13.8. The fraction of sp³-hybridized carbons (Fsp3) is 0.160. The maximum absolute atomic E-state index is 14.1. The van der Waals surface area contributed by atoms with Crippen LogP contribution in [0.15, 0.2) is 71.9 Å². The predicted octanol–water partition coefficient (Wildman–Crippen LogP) is 4.94. The first-order valence-corrected chi connectivity index (χ1v) is 9.84. The van der Waals surface area contributed by atoms with Crippen LogP contribution in [0.1, 0.15) is 29.5 Å². The number of phenolic OH excluding ortho intramolecular Hbond substituents is 1. The van der Waals surface area contributed by atoms with Crippen molar-refractivity contribution in [3.63, 3.8) is 0 Å². The zero-order chi connectivity index (χ0) is 20.8. The van der Waals surface area contributed by atoms with Gasteiger partial charge in [0.2, 0.25) is 0 Å². The van der Waals surface area contributed by atoms with Gasteiger partial charge < -0.3 is 14.8 Å². The van der Waals surface area contributed by atoms with E-state index in [1.807, 2.05) is 30.3 Å². The summed E-state index contributed by atoms with van der Waals surface area (Å²) in [6.45, 7) is 2.19. The molecular weight excluding hydrogens is 379 g/mol. The normalized spacial score (nSPS) is 13.3. The molecule has 3 aromatic rings. The molecule has 1 heterocycles. The van der Waals surface area contributed by atoms with Crippen molar-refractivity contribution in [3.05, 3.63) is 89.2 Å². The van der Waals surface area contributed by atoms with Crippen LogP contribution < -0.4 is 9.74 Å². The molecule has 4 nitrogen and oxygen atoms in total. The third-order valence-corrected chi connectivity index (χ3v) is 4.88. The highest BCUT2D eigenvalue weighted by Gasteiger charge is 2.11. The summed E-state index contributed by atoms with van der Waals surface area (Å²) in [7, 11) is 0. The van der Waals surface area contributed by atoms with E-state index in [4.69, 9.17) is 4.84 Å². The Morgan fingerprint density at radius 1 is 0.933 bits per heavy atom. The number of para-hydroxylation sites is 1. The lowest BCUT2D eigenvalue weighted by atomic mass is 10.1. The van der Waals surface area contributed by atoms with E-state index in [0.717, 1.165) is 18.7 Å². The molecule has 0 radical (unpaired) electrons. The maximum Gasteiger partial charge on any atom is 0.166 e. The smallest absolute Gasteiger partial charge is 0.166 e. The van der Waals surface area contributed by atoms with Gasteiger partial charge in [-0.05, 0) is 61.4 Å². The standard InChI is InChI=1S/C25H21FN2O2/c26-24-17-20(9-8-19-10-12-22(13-11-19)28-14-4-5-15-28)16-21(25(24)29)18-27-30-23-6-2-1-3-7-23/h1-3,6-7,10-13,16-18,29H,4-5,14-15H2/b27-18+. The lowest BCUT2D eigenvalue weighted by molar-refractivity contribution is 0.343. The van der Waals surface area contributed by atoms with Crippen LogP contribution >= 0.6 is 0 Å². The molecule has 5 heteroatoms. The summed E-state index contributed by atoms with van der Waals surface area (Å²) in [4.78, 5) is 7.58. The summed E-state index contributed by atoms with van der Waals surface area (Å²) in [6.07, 6.45) is 3.73. The van der Waals surface area contributed by atoms with Crippen molar-refractivity contribution in [3.8, 4) is 23.3 Å². The Morgan fingerprint density at radius 3 is 2.37 bits per heavy atom. The molecule has 150 valence electrons. The van der Waals surface area contributed by atoms with Crippen molar-refractivity contribution in [2.24, 2.45) is 5.16 Å². The van der Waals surface area contributed by atoms with Crippen LogP contribution in [-0.4, -0.2) is 24.4 Å². The molecule has 1 N–H and O–H groups in total. The number of phenols is 1. The van der Waals surface area contributed by atoms with Crippen molar-refractivity contribution in [1.82, 2.24) is 0 Å². The largest absolute Gasteiger partial charge is 0.504 e. The van der Waals surface area contributed by atoms with E-state index in [1.165, 1.54) is 30.8 Å². The second kappa shape index (κ2) is 9.15. The minimum Gasteiger partial charge on any atom is -0.504 e. The number of anilines is 1. The summed E-state index contributed by atoms with van der Waals surface area (Å²) in [6, 6.07) is 19.8. The zero-order valence-electron chi connectivity index (χ0n) is 16.4. The van der Waals surface area contributed by atoms with Crippen molar-refractivity contribution < 1.29 is 14.3 Å². The SMILES string of the molecule is Oc1c(F)cc(C#Cc2ccc(N3CCCC3)cc2)cc1/C=N/Oc1ccccc1. The van der Waals surface area contributed by atoms with Crippen molar-refractivity contribution in [2.75, 3.05) is 18.0 Å². The molecule has 0 aromatic heterocycles.